The van der Waals surface area contributed by atoms with Crippen molar-refractivity contribution in [2.45, 2.75) is 25.7 Å². The number of carboxylic acids is 1. The summed E-state index contributed by atoms with van der Waals surface area (Å²) < 4.78 is 0. The molecular weight excluding hydrogens is 250 g/mol. The van der Waals surface area contributed by atoms with Gasteiger partial charge in [0, 0.05) is 26.6 Å². The minimum Gasteiger partial charge on any atom is -0.481 e. The maximum absolute atomic E-state index is 12.0. The third-order valence-electron chi connectivity index (χ3n) is 3.37. The molecule has 0 radical (unpaired) electrons. The number of likely N-dealkylation sites (tertiary alicyclic amines) is 1. The molecule has 1 aliphatic heterocycles. The van der Waals surface area contributed by atoms with Crippen molar-refractivity contribution in [1.82, 2.24) is 9.80 Å². The van der Waals surface area contributed by atoms with Gasteiger partial charge in [-0.3, -0.25) is 9.59 Å². The number of nitrogens with two attached hydrogens (primary N) is 1. The Bertz CT molecular complexity index is 351. The molecule has 0 unspecified atom stereocenters. The molecule has 1 saturated heterocycles. The first-order chi connectivity index (χ1) is 8.90. The van der Waals surface area contributed by atoms with E-state index >= 15 is 0 Å². The lowest BCUT2D eigenvalue weighted by molar-refractivity contribution is -0.137. The van der Waals surface area contributed by atoms with Gasteiger partial charge >= 0.3 is 12.0 Å². The Morgan fingerprint density at radius 1 is 1.32 bits per heavy atom. The van der Waals surface area contributed by atoms with Crippen LogP contribution in [0.5, 0.6) is 0 Å². The van der Waals surface area contributed by atoms with Gasteiger partial charge in [-0.1, -0.05) is 0 Å². The highest BCUT2D eigenvalue weighted by Crippen LogP contribution is 2.22. The van der Waals surface area contributed by atoms with E-state index in [4.69, 9.17) is 10.8 Å². The van der Waals surface area contributed by atoms with Gasteiger partial charge in [-0.25, -0.2) is 4.79 Å². The number of carboxylic acid groups (broad SMARTS) is 1. The number of hydrogen-bond donors (Lipinski definition) is 2. The second kappa shape index (κ2) is 6.96. The summed E-state index contributed by atoms with van der Waals surface area (Å²) in [6, 6.07) is -0.199. The van der Waals surface area contributed by atoms with Gasteiger partial charge in [0.2, 0.25) is 5.91 Å². The van der Waals surface area contributed by atoms with Crippen molar-refractivity contribution in [2.75, 3.05) is 26.7 Å². The highest BCUT2D eigenvalue weighted by molar-refractivity contribution is 5.82. The lowest BCUT2D eigenvalue weighted by Gasteiger charge is -2.34. The SMILES string of the molecule is CN(CC(N)=O)C(=O)N1CCC(CCC(=O)O)CC1. The predicted octanol–water partition coefficient (Wildman–Crippen LogP) is 0.100. The molecule has 1 aliphatic rings. The highest BCUT2D eigenvalue weighted by atomic mass is 16.4. The lowest BCUT2D eigenvalue weighted by atomic mass is 9.92. The second-order valence-corrected chi connectivity index (χ2v) is 4.97. The predicted molar refractivity (Wildman–Crippen MR) is 68.4 cm³/mol. The van der Waals surface area contributed by atoms with Crippen LogP contribution in [-0.2, 0) is 9.59 Å². The fourth-order valence-corrected chi connectivity index (χ4v) is 2.28. The molecule has 108 valence electrons. The van der Waals surface area contributed by atoms with E-state index in [0.29, 0.717) is 25.4 Å². The number of likely N-dealkylation sites (N-methyl/N-ethyl adjacent to an activating group) is 1. The number of carbonyl (C=O) groups excluding carboxylic acids is 2. The van der Waals surface area contributed by atoms with E-state index in [2.05, 4.69) is 0 Å². The first kappa shape index (κ1) is 15.3. The monoisotopic (exact) mass is 271 g/mol. The average Bonchev–Trinajstić information content (AvgIpc) is 2.35. The maximum Gasteiger partial charge on any atom is 0.320 e. The summed E-state index contributed by atoms with van der Waals surface area (Å²) in [5.74, 6) is -0.950. The van der Waals surface area contributed by atoms with E-state index in [9.17, 15) is 14.4 Å². The number of carbonyl (C=O) groups is 3. The lowest BCUT2D eigenvalue weighted by Crippen LogP contribution is -2.47. The topological polar surface area (TPSA) is 104 Å². The van der Waals surface area contributed by atoms with Gasteiger partial charge in [-0.15, -0.1) is 0 Å². The van der Waals surface area contributed by atoms with Crippen LogP contribution in [0.1, 0.15) is 25.7 Å². The third-order valence-corrected chi connectivity index (χ3v) is 3.37. The molecule has 7 nitrogen and oxygen atoms in total. The molecule has 0 aliphatic carbocycles. The van der Waals surface area contributed by atoms with Crippen molar-refractivity contribution in [3.63, 3.8) is 0 Å². The molecule has 19 heavy (non-hydrogen) atoms. The van der Waals surface area contributed by atoms with Gasteiger partial charge in [0.15, 0.2) is 0 Å². The Morgan fingerprint density at radius 3 is 2.37 bits per heavy atom. The number of rotatable bonds is 5. The standard InChI is InChI=1S/C12H21N3O4/c1-14(8-10(13)16)12(19)15-6-4-9(5-7-15)2-3-11(17)18/h9H,2-8H2,1H3,(H2,13,16)(H,17,18). The first-order valence-electron chi connectivity index (χ1n) is 6.40. The molecule has 0 spiro atoms. The summed E-state index contributed by atoms with van der Waals surface area (Å²) in [5, 5.41) is 8.63. The molecular formula is C12H21N3O4. The zero-order valence-corrected chi connectivity index (χ0v) is 11.2. The number of nitrogens with zero attached hydrogens (tertiary/aromatic N) is 2. The van der Waals surface area contributed by atoms with Crippen LogP contribution in [0.4, 0.5) is 4.79 Å². The zero-order valence-electron chi connectivity index (χ0n) is 11.2. The fourth-order valence-electron chi connectivity index (χ4n) is 2.28. The van der Waals surface area contributed by atoms with E-state index in [1.807, 2.05) is 0 Å². The smallest absolute Gasteiger partial charge is 0.320 e. The van der Waals surface area contributed by atoms with Crippen LogP contribution in [0, 0.1) is 5.92 Å². The normalized spacial score (nSPS) is 16.2. The number of hydrogen-bond acceptors (Lipinski definition) is 3. The quantitative estimate of drug-likeness (QED) is 0.740. The van der Waals surface area contributed by atoms with Crippen molar-refractivity contribution < 1.29 is 19.5 Å². The van der Waals surface area contributed by atoms with E-state index in [1.54, 1.807) is 11.9 Å². The van der Waals surface area contributed by atoms with Crippen LogP contribution in [0.3, 0.4) is 0 Å². The summed E-state index contributed by atoms with van der Waals surface area (Å²) in [5.41, 5.74) is 5.04. The molecule has 0 aromatic heterocycles. The Hall–Kier alpha value is -1.79. The number of piperidine rings is 1. The van der Waals surface area contributed by atoms with Crippen molar-refractivity contribution in [2.24, 2.45) is 11.7 Å². The molecule has 1 rings (SSSR count). The maximum atomic E-state index is 12.0. The van der Waals surface area contributed by atoms with Gasteiger partial charge in [0.05, 0.1) is 0 Å². The van der Waals surface area contributed by atoms with E-state index in [-0.39, 0.29) is 19.0 Å². The number of aliphatic carboxylic acids is 1. The van der Waals surface area contributed by atoms with Gasteiger partial charge < -0.3 is 20.6 Å². The van der Waals surface area contributed by atoms with Gasteiger partial charge in [0.25, 0.3) is 0 Å². The van der Waals surface area contributed by atoms with Gasteiger partial charge in [-0.05, 0) is 25.2 Å². The van der Waals surface area contributed by atoms with Crippen molar-refractivity contribution in [3.05, 3.63) is 0 Å². The van der Waals surface area contributed by atoms with E-state index < -0.39 is 11.9 Å². The third kappa shape index (κ3) is 5.15. The summed E-state index contributed by atoms with van der Waals surface area (Å²) in [7, 11) is 1.55. The minimum absolute atomic E-state index is 0.0855. The fraction of sp³-hybridized carbons (Fsp3) is 0.750. The van der Waals surface area contributed by atoms with E-state index in [0.717, 1.165) is 12.8 Å². The highest BCUT2D eigenvalue weighted by Gasteiger charge is 2.25. The minimum atomic E-state index is -0.778. The summed E-state index contributed by atoms with van der Waals surface area (Å²) in [4.78, 5) is 36.2. The Balaban J connectivity index is 2.34. The molecule has 0 bridgehead atoms. The van der Waals surface area contributed by atoms with E-state index in [1.165, 1.54) is 4.90 Å². The van der Waals surface area contributed by atoms with Crippen LogP contribution in [0.15, 0.2) is 0 Å². The number of amides is 3. The largest absolute Gasteiger partial charge is 0.481 e. The van der Waals surface area contributed by atoms with Gasteiger partial charge in [0.1, 0.15) is 6.54 Å². The molecule has 0 atom stereocenters. The van der Waals surface area contributed by atoms with Crippen LogP contribution in [0.25, 0.3) is 0 Å². The Labute approximate surface area is 112 Å². The summed E-state index contributed by atoms with van der Waals surface area (Å²) in [6.45, 7) is 1.12. The molecule has 3 amide bonds. The van der Waals surface area contributed by atoms with Gasteiger partial charge in [-0.2, -0.15) is 0 Å². The zero-order chi connectivity index (χ0) is 14.4. The van der Waals surface area contributed by atoms with Crippen LogP contribution >= 0.6 is 0 Å². The molecule has 0 saturated carbocycles. The molecule has 0 aromatic rings. The van der Waals surface area contributed by atoms with Crippen LogP contribution in [0.2, 0.25) is 0 Å². The van der Waals surface area contributed by atoms with Crippen molar-refractivity contribution in [1.29, 1.82) is 0 Å². The van der Waals surface area contributed by atoms with Crippen molar-refractivity contribution >= 4 is 17.9 Å². The molecule has 1 fully saturated rings. The molecule has 7 heteroatoms. The van der Waals surface area contributed by atoms with Crippen LogP contribution in [-0.4, -0.2) is 59.5 Å². The molecule has 3 N–H and O–H groups in total. The molecule has 0 aromatic carbocycles. The van der Waals surface area contributed by atoms with Crippen molar-refractivity contribution in [3.8, 4) is 0 Å². The van der Waals surface area contributed by atoms with Crippen LogP contribution < -0.4 is 5.73 Å². The second-order valence-electron chi connectivity index (χ2n) is 4.97. The Kier molecular flexibility index (Phi) is 5.59. The Morgan fingerprint density at radius 2 is 1.89 bits per heavy atom. The molecule has 1 heterocycles. The summed E-state index contributed by atoms with van der Waals surface area (Å²) in [6.07, 6.45) is 2.46. The first-order valence-corrected chi connectivity index (χ1v) is 6.40. The summed E-state index contributed by atoms with van der Waals surface area (Å²) >= 11 is 0. The number of urea groups is 1. The number of primary amides is 1. The average molecular weight is 271 g/mol.